The molecule has 2 aromatic carbocycles. The molecular weight excluding hydrogens is 329 g/mol. The van der Waals surface area contributed by atoms with E-state index in [-0.39, 0.29) is 18.9 Å². The predicted octanol–water partition coefficient (Wildman–Crippen LogP) is 4.37. The van der Waals surface area contributed by atoms with Gasteiger partial charge in [-0.05, 0) is 35.2 Å². The van der Waals surface area contributed by atoms with Gasteiger partial charge in [0.25, 0.3) is 0 Å². The van der Waals surface area contributed by atoms with Crippen molar-refractivity contribution in [2.75, 3.05) is 0 Å². The smallest absolute Gasteiger partial charge is 0.352 e. The second-order valence-electron chi connectivity index (χ2n) is 5.79. The van der Waals surface area contributed by atoms with E-state index in [0.29, 0.717) is 12.1 Å². The van der Waals surface area contributed by atoms with Gasteiger partial charge in [0.15, 0.2) is 0 Å². The molecule has 0 aliphatic heterocycles. The topological polar surface area (TPSA) is 34.0 Å². The zero-order valence-electron chi connectivity index (χ0n) is 13.4. The third-order valence-electron chi connectivity index (χ3n) is 4.00. The van der Waals surface area contributed by atoms with Crippen LogP contribution in [0.4, 0.5) is 13.2 Å². The molecule has 25 heavy (non-hydrogen) atoms. The molecule has 1 heterocycles. The Morgan fingerprint density at radius 3 is 2.64 bits per heavy atom. The van der Waals surface area contributed by atoms with Crippen molar-refractivity contribution in [1.29, 1.82) is 0 Å². The number of alkyl halides is 3. The van der Waals surface area contributed by atoms with Crippen LogP contribution in [0.2, 0.25) is 0 Å². The number of aryl methyl sites for hydroxylation is 1. The molecule has 6 heteroatoms. The second kappa shape index (κ2) is 7.01. The van der Waals surface area contributed by atoms with Crippen molar-refractivity contribution in [3.8, 4) is 0 Å². The molecule has 0 bridgehead atoms. The molecule has 1 N–H and O–H groups in total. The van der Waals surface area contributed by atoms with Crippen LogP contribution in [0.3, 0.4) is 0 Å². The van der Waals surface area contributed by atoms with Crippen molar-refractivity contribution >= 4 is 16.8 Å². The normalized spacial score (nSPS) is 11.6. The zero-order valence-corrected chi connectivity index (χ0v) is 13.4. The van der Waals surface area contributed by atoms with Gasteiger partial charge in [-0.3, -0.25) is 4.79 Å². The van der Waals surface area contributed by atoms with Crippen LogP contribution in [0.15, 0.2) is 60.8 Å². The number of nitrogens with zero attached hydrogens (tertiary/aromatic N) is 1. The summed E-state index contributed by atoms with van der Waals surface area (Å²) in [5.74, 6) is -0.199. The van der Waals surface area contributed by atoms with Crippen LogP contribution >= 0.6 is 0 Å². The van der Waals surface area contributed by atoms with E-state index in [4.69, 9.17) is 0 Å². The van der Waals surface area contributed by atoms with Crippen molar-refractivity contribution in [3.05, 3.63) is 71.9 Å². The molecule has 3 rings (SSSR count). The van der Waals surface area contributed by atoms with E-state index in [1.165, 1.54) is 6.07 Å². The first-order valence-electron chi connectivity index (χ1n) is 7.90. The fourth-order valence-electron chi connectivity index (χ4n) is 2.70. The minimum Gasteiger partial charge on any atom is -0.352 e. The number of carbonyl (C=O) groups is 1. The van der Waals surface area contributed by atoms with E-state index in [9.17, 15) is 18.0 Å². The van der Waals surface area contributed by atoms with E-state index in [1.807, 2.05) is 41.1 Å². The number of aromatic nitrogens is 1. The highest BCUT2D eigenvalue weighted by molar-refractivity contribution is 5.80. The lowest BCUT2D eigenvalue weighted by atomic mass is 10.1. The highest BCUT2D eigenvalue weighted by Crippen LogP contribution is 2.29. The van der Waals surface area contributed by atoms with Crippen LogP contribution in [0.25, 0.3) is 10.9 Å². The maximum Gasteiger partial charge on any atom is 0.416 e. The average Bonchev–Trinajstić information content (AvgIpc) is 3.01. The first-order valence-corrected chi connectivity index (χ1v) is 7.90. The van der Waals surface area contributed by atoms with E-state index in [2.05, 4.69) is 5.32 Å². The summed E-state index contributed by atoms with van der Waals surface area (Å²) in [5, 5.41) is 3.77. The first-order chi connectivity index (χ1) is 11.9. The molecule has 0 aliphatic rings. The van der Waals surface area contributed by atoms with Gasteiger partial charge in [-0.2, -0.15) is 13.2 Å². The Kier molecular flexibility index (Phi) is 4.79. The lowest BCUT2D eigenvalue weighted by molar-refractivity contribution is -0.137. The molecule has 3 aromatic rings. The summed E-state index contributed by atoms with van der Waals surface area (Å²) in [7, 11) is 0. The number of fused-ring (bicyclic) bond motifs is 1. The quantitative estimate of drug-likeness (QED) is 0.731. The second-order valence-corrected chi connectivity index (χ2v) is 5.79. The lowest BCUT2D eigenvalue weighted by Crippen LogP contribution is -2.24. The van der Waals surface area contributed by atoms with Crippen molar-refractivity contribution in [2.24, 2.45) is 0 Å². The molecule has 3 nitrogen and oxygen atoms in total. The zero-order chi connectivity index (χ0) is 17.9. The van der Waals surface area contributed by atoms with Gasteiger partial charge in [0.05, 0.1) is 5.56 Å². The summed E-state index contributed by atoms with van der Waals surface area (Å²) in [6.45, 7) is 0.594. The Morgan fingerprint density at radius 1 is 1.04 bits per heavy atom. The largest absolute Gasteiger partial charge is 0.416 e. The summed E-state index contributed by atoms with van der Waals surface area (Å²) in [6, 6.07) is 14.8. The van der Waals surface area contributed by atoms with Gasteiger partial charge in [0.2, 0.25) is 5.91 Å². The van der Waals surface area contributed by atoms with Crippen LogP contribution in [0, 0.1) is 0 Å². The maximum atomic E-state index is 12.7. The van der Waals surface area contributed by atoms with Gasteiger partial charge >= 0.3 is 6.18 Å². The van der Waals surface area contributed by atoms with Gasteiger partial charge in [-0.25, -0.2) is 0 Å². The Hall–Kier alpha value is -2.76. The molecule has 0 saturated carbocycles. The fraction of sp³-hybridized carbons (Fsp3) is 0.211. The van der Waals surface area contributed by atoms with Crippen molar-refractivity contribution in [2.45, 2.75) is 25.7 Å². The number of amides is 1. The number of hydrogen-bond donors (Lipinski definition) is 1. The molecule has 1 amide bonds. The third-order valence-corrected chi connectivity index (χ3v) is 4.00. The summed E-state index contributed by atoms with van der Waals surface area (Å²) in [4.78, 5) is 12.0. The molecule has 0 aliphatic carbocycles. The Morgan fingerprint density at radius 2 is 1.84 bits per heavy atom. The minimum atomic E-state index is -4.38. The lowest BCUT2D eigenvalue weighted by Gasteiger charge is -2.10. The standard InChI is InChI=1S/C19H17F3N2O/c20-19(21,22)16-6-3-4-14(12-16)13-23-18(25)9-11-24-10-8-15-5-1-2-7-17(15)24/h1-8,10,12H,9,11,13H2,(H,23,25). The van der Waals surface area contributed by atoms with E-state index >= 15 is 0 Å². The van der Waals surface area contributed by atoms with Crippen LogP contribution in [-0.4, -0.2) is 10.5 Å². The maximum absolute atomic E-state index is 12.7. The highest BCUT2D eigenvalue weighted by atomic mass is 19.4. The van der Waals surface area contributed by atoms with Gasteiger partial charge in [-0.15, -0.1) is 0 Å². The van der Waals surface area contributed by atoms with Gasteiger partial charge in [0.1, 0.15) is 0 Å². The number of halogens is 3. The summed E-state index contributed by atoms with van der Waals surface area (Å²) < 4.78 is 40.0. The minimum absolute atomic E-state index is 0.0786. The molecule has 0 atom stereocenters. The average molecular weight is 346 g/mol. The molecule has 1 aromatic heterocycles. The first kappa shape index (κ1) is 17.1. The summed E-state index contributed by atoms with van der Waals surface area (Å²) in [6.07, 6.45) is -2.20. The van der Waals surface area contributed by atoms with Crippen LogP contribution in [-0.2, 0) is 24.1 Å². The fourth-order valence-corrected chi connectivity index (χ4v) is 2.70. The van der Waals surface area contributed by atoms with Crippen LogP contribution in [0.1, 0.15) is 17.5 Å². The highest BCUT2D eigenvalue weighted by Gasteiger charge is 2.30. The molecule has 0 saturated heterocycles. The number of benzene rings is 2. The molecule has 0 spiro atoms. The number of hydrogen-bond acceptors (Lipinski definition) is 1. The van der Waals surface area contributed by atoms with Crippen LogP contribution < -0.4 is 5.32 Å². The Bertz CT molecular complexity index is 884. The molecule has 0 fully saturated rings. The molecule has 0 unspecified atom stereocenters. The summed E-state index contributed by atoms with van der Waals surface area (Å²) >= 11 is 0. The molecule has 130 valence electrons. The SMILES string of the molecule is O=C(CCn1ccc2ccccc21)NCc1cccc(C(F)(F)F)c1. The molecule has 0 radical (unpaired) electrons. The van der Waals surface area contributed by atoms with E-state index < -0.39 is 11.7 Å². The van der Waals surface area contributed by atoms with E-state index in [0.717, 1.165) is 23.0 Å². The van der Waals surface area contributed by atoms with Gasteiger partial charge in [0, 0.05) is 31.2 Å². The predicted molar refractivity (Wildman–Crippen MR) is 89.8 cm³/mol. The van der Waals surface area contributed by atoms with Crippen LogP contribution in [0.5, 0.6) is 0 Å². The van der Waals surface area contributed by atoms with E-state index in [1.54, 1.807) is 6.07 Å². The monoisotopic (exact) mass is 346 g/mol. The number of para-hydroxylation sites is 1. The molecular formula is C19H17F3N2O. The number of carbonyl (C=O) groups excluding carboxylic acids is 1. The van der Waals surface area contributed by atoms with Crippen molar-refractivity contribution in [1.82, 2.24) is 9.88 Å². The summed E-state index contributed by atoms with van der Waals surface area (Å²) in [5.41, 5.74) is 0.765. The Balaban J connectivity index is 1.55. The Labute approximate surface area is 143 Å². The van der Waals surface area contributed by atoms with Gasteiger partial charge < -0.3 is 9.88 Å². The van der Waals surface area contributed by atoms with Crippen molar-refractivity contribution < 1.29 is 18.0 Å². The van der Waals surface area contributed by atoms with Crippen molar-refractivity contribution in [3.63, 3.8) is 0 Å². The number of nitrogens with one attached hydrogen (secondary N) is 1. The third kappa shape index (κ3) is 4.21. The number of rotatable bonds is 5. The van der Waals surface area contributed by atoms with Gasteiger partial charge in [-0.1, -0.05) is 30.3 Å².